The van der Waals surface area contributed by atoms with Gasteiger partial charge in [0.1, 0.15) is 4.98 Å². The quantitative estimate of drug-likeness (QED) is 0.318. The zero-order valence-electron chi connectivity index (χ0n) is 5.16. The van der Waals surface area contributed by atoms with Crippen molar-refractivity contribution in [3.63, 3.8) is 0 Å². The maximum absolute atomic E-state index is 10.7. The van der Waals surface area contributed by atoms with E-state index in [2.05, 4.69) is 4.98 Å². The summed E-state index contributed by atoms with van der Waals surface area (Å²) < 4.78 is 58.9. The zero-order valence-corrected chi connectivity index (χ0v) is 5.98. The molecule has 0 fully saturated rings. The molecule has 0 saturated heterocycles. The third-order valence-electron chi connectivity index (χ3n) is 0.283. The minimum Gasteiger partial charge on any atom is -0.741 e. The minimum atomic E-state index is -6.09. The van der Waals surface area contributed by atoms with Gasteiger partial charge in [0.15, 0.2) is 10.1 Å². The van der Waals surface area contributed by atoms with Gasteiger partial charge >= 0.3 is 5.51 Å². The van der Waals surface area contributed by atoms with Gasteiger partial charge in [-0.15, -0.1) is 0 Å². The number of alkyl halides is 3. The van der Waals surface area contributed by atoms with E-state index in [1.807, 2.05) is 0 Å². The first kappa shape index (κ1) is 12.8. The predicted octanol–water partition coefficient (Wildman–Crippen LogP) is 0.521. The molecule has 0 aliphatic rings. The monoisotopic (exact) mass is 192 g/mol. The average Bonchev–Trinajstić information content (AvgIpc) is 1.60. The van der Waals surface area contributed by atoms with Gasteiger partial charge in [-0.3, -0.25) is 0 Å². The van der Waals surface area contributed by atoms with Gasteiger partial charge in [0.2, 0.25) is 5.39 Å². The molecule has 0 atom stereocenters. The summed E-state index contributed by atoms with van der Waals surface area (Å²) in [6.45, 7) is 0. The summed E-state index contributed by atoms with van der Waals surface area (Å²) in [4.78, 5) is 2.50. The van der Waals surface area contributed by atoms with Crippen LogP contribution in [0.2, 0.25) is 0 Å². The van der Waals surface area contributed by atoms with Crippen molar-refractivity contribution in [2.24, 2.45) is 0 Å². The lowest BCUT2D eigenvalue weighted by molar-refractivity contribution is -0.0517. The van der Waals surface area contributed by atoms with Crippen LogP contribution in [0.4, 0.5) is 13.2 Å². The summed E-state index contributed by atoms with van der Waals surface area (Å²) in [5, 5.41) is 7.19. The second kappa shape index (κ2) is 4.09. The number of nitrogens with zero attached hydrogens (tertiary/aromatic N) is 2. The normalized spacial score (nSPS) is 10.9. The Balaban J connectivity index is 0. The molecule has 0 unspecified atom stereocenters. The van der Waals surface area contributed by atoms with E-state index < -0.39 is 15.6 Å². The van der Waals surface area contributed by atoms with Crippen molar-refractivity contribution in [1.29, 1.82) is 5.39 Å². The third-order valence-corrected chi connectivity index (χ3v) is 0.850. The number of hydrogen-bond donors (Lipinski definition) is 0. The smallest absolute Gasteiger partial charge is 0.485 e. The van der Waals surface area contributed by atoms with Crippen LogP contribution in [0.3, 0.4) is 0 Å². The molecule has 0 aromatic carbocycles. The highest BCUT2D eigenvalue weighted by Crippen LogP contribution is 2.20. The number of hydrogen-bond acceptors (Lipinski definition) is 4. The van der Waals surface area contributed by atoms with Crippen molar-refractivity contribution < 1.29 is 26.1 Å². The molecule has 0 aromatic rings. The molecule has 0 N–H and O–H groups in total. The van der Waals surface area contributed by atoms with Gasteiger partial charge in [0.05, 0.1) is 0 Å². The van der Waals surface area contributed by atoms with Crippen LogP contribution in [-0.4, -0.2) is 25.5 Å². The van der Waals surface area contributed by atoms with E-state index in [9.17, 15) is 13.2 Å². The van der Waals surface area contributed by atoms with Gasteiger partial charge in [0.25, 0.3) is 7.05 Å². The molecular weight excluding hydrogens is 189 g/mol. The van der Waals surface area contributed by atoms with Gasteiger partial charge in [-0.1, -0.05) is 0 Å². The van der Waals surface area contributed by atoms with Crippen molar-refractivity contribution in [3.05, 3.63) is 4.98 Å². The Labute approximate surface area is 60.2 Å². The summed E-state index contributed by atoms with van der Waals surface area (Å²) in [5.41, 5.74) is -5.65. The maximum atomic E-state index is 10.7. The van der Waals surface area contributed by atoms with Crippen LogP contribution >= 0.6 is 0 Å². The van der Waals surface area contributed by atoms with Gasteiger partial charge in [-0.05, 0) is 0 Å². The van der Waals surface area contributed by atoms with Crippen LogP contribution in [0.25, 0.3) is 4.98 Å². The lowest BCUT2D eigenvalue weighted by Crippen LogP contribution is -2.21. The minimum absolute atomic E-state index is 1.31. The van der Waals surface area contributed by atoms with Crippen LogP contribution < -0.4 is 0 Å². The van der Waals surface area contributed by atoms with Crippen molar-refractivity contribution in [3.8, 4) is 0 Å². The van der Waals surface area contributed by atoms with E-state index >= 15 is 0 Å². The predicted molar refractivity (Wildman–Crippen MR) is 26.8 cm³/mol. The molecule has 0 heterocycles. The zero-order chi connectivity index (χ0) is 9.71. The van der Waals surface area contributed by atoms with Crippen molar-refractivity contribution >= 4 is 10.1 Å². The fraction of sp³-hybridized carbons (Fsp3) is 1.00. The summed E-state index contributed by atoms with van der Waals surface area (Å²) in [6.07, 6.45) is 0. The highest BCUT2D eigenvalue weighted by Gasteiger charge is 2.36. The highest BCUT2D eigenvalue weighted by atomic mass is 32.2. The molecule has 0 spiro atoms. The lowest BCUT2D eigenvalue weighted by atomic mass is 11.6. The van der Waals surface area contributed by atoms with Crippen LogP contribution in [0.15, 0.2) is 0 Å². The number of diazo groups is 1. The summed E-state index contributed by atoms with van der Waals surface area (Å²) in [6, 6.07) is 0. The maximum Gasteiger partial charge on any atom is 0.485 e. The van der Waals surface area contributed by atoms with Crippen LogP contribution in [0.5, 0.6) is 0 Å². The Morgan fingerprint density at radius 2 is 1.55 bits per heavy atom. The van der Waals surface area contributed by atoms with E-state index in [0.717, 1.165) is 0 Å². The second-order valence-electron chi connectivity index (χ2n) is 1.10. The topological polar surface area (TPSA) is 85.3 Å². The number of halogens is 3. The molecule has 0 amide bonds. The van der Waals surface area contributed by atoms with E-state index in [4.69, 9.17) is 18.4 Å². The standard InChI is InChI=1S/CHF3O3S.CH3N2/c2-1(3,4)8(5,6)7;1-3-2/h(H,5,6,7);1H3/q;+1/p-1. The van der Waals surface area contributed by atoms with Crippen LogP contribution in [-0.2, 0) is 10.1 Å². The Kier molecular flexibility index (Phi) is 4.75. The molecular formula is C2H3F3N2O3S. The largest absolute Gasteiger partial charge is 0.741 e. The molecule has 0 aliphatic carbocycles. The molecule has 0 rings (SSSR count). The SMILES string of the molecule is C[N+]#N.O=S(=O)([O-])C(F)(F)F. The molecule has 0 saturated carbocycles. The molecule has 0 aliphatic heterocycles. The summed E-state index contributed by atoms with van der Waals surface area (Å²) >= 11 is 0. The first-order valence-corrected chi connectivity index (χ1v) is 3.33. The number of rotatable bonds is 0. The second-order valence-corrected chi connectivity index (χ2v) is 2.47. The molecule has 0 radical (unpaired) electrons. The Morgan fingerprint density at radius 3 is 1.55 bits per heavy atom. The molecule has 5 nitrogen and oxygen atoms in total. The van der Waals surface area contributed by atoms with Gasteiger partial charge in [-0.25, -0.2) is 8.42 Å². The molecule has 66 valence electrons. The first-order chi connectivity index (χ1) is 4.66. The van der Waals surface area contributed by atoms with Gasteiger partial charge in [-0.2, -0.15) is 13.2 Å². The van der Waals surface area contributed by atoms with E-state index in [1.54, 1.807) is 0 Å². The van der Waals surface area contributed by atoms with Crippen molar-refractivity contribution in [2.45, 2.75) is 5.51 Å². The van der Waals surface area contributed by atoms with Crippen LogP contribution in [0, 0.1) is 5.39 Å². The fourth-order valence-corrected chi connectivity index (χ4v) is 0. The Hall–Kier alpha value is -0.880. The summed E-state index contributed by atoms with van der Waals surface area (Å²) in [7, 11) is -4.78. The molecule has 0 aromatic heterocycles. The van der Waals surface area contributed by atoms with Crippen molar-refractivity contribution in [1.82, 2.24) is 0 Å². The summed E-state index contributed by atoms with van der Waals surface area (Å²) in [5.74, 6) is 0. The van der Waals surface area contributed by atoms with E-state index in [1.165, 1.54) is 7.05 Å². The fourth-order valence-electron chi connectivity index (χ4n) is 0. The molecule has 0 bridgehead atoms. The average molecular weight is 192 g/mol. The molecule has 11 heavy (non-hydrogen) atoms. The van der Waals surface area contributed by atoms with Crippen molar-refractivity contribution in [2.75, 3.05) is 7.05 Å². The molecule has 9 heteroatoms. The highest BCUT2D eigenvalue weighted by molar-refractivity contribution is 7.86. The van der Waals surface area contributed by atoms with E-state index in [-0.39, 0.29) is 0 Å². The Bertz CT molecular complexity index is 236. The third kappa shape index (κ3) is 7.01. The van der Waals surface area contributed by atoms with E-state index in [0.29, 0.717) is 0 Å². The van der Waals surface area contributed by atoms with Gasteiger partial charge < -0.3 is 4.55 Å². The van der Waals surface area contributed by atoms with Crippen LogP contribution in [0.1, 0.15) is 0 Å². The van der Waals surface area contributed by atoms with Gasteiger partial charge in [0, 0.05) is 0 Å². The Morgan fingerprint density at radius 1 is 1.45 bits per heavy atom. The first-order valence-electron chi connectivity index (χ1n) is 1.92. The lowest BCUT2D eigenvalue weighted by Gasteiger charge is -2.08.